The van der Waals surface area contributed by atoms with Crippen molar-refractivity contribution in [1.29, 1.82) is 0 Å². The van der Waals surface area contributed by atoms with Crippen molar-refractivity contribution < 1.29 is 23.8 Å². The average Bonchev–Trinajstić information content (AvgIpc) is 2.89. The molecule has 4 fully saturated rings. The van der Waals surface area contributed by atoms with Crippen molar-refractivity contribution in [3.63, 3.8) is 0 Å². The van der Waals surface area contributed by atoms with Gasteiger partial charge in [-0.25, -0.2) is 9.59 Å². The second kappa shape index (κ2) is 3.35. The van der Waals surface area contributed by atoms with Gasteiger partial charge in [0.2, 0.25) is 0 Å². The Morgan fingerprint density at radius 1 is 0.952 bits per heavy atom. The molecule has 5 nitrogen and oxygen atoms in total. The molecular formula is C16H18O5. The Morgan fingerprint density at radius 3 is 1.86 bits per heavy atom. The number of epoxide rings is 1. The number of esters is 2. The molecule has 0 spiro atoms. The number of carbonyl (C=O) groups is 2. The second-order valence-electron chi connectivity index (χ2n) is 7.05. The van der Waals surface area contributed by atoms with Gasteiger partial charge in [0.05, 0.1) is 25.4 Å². The Kier molecular flexibility index (Phi) is 1.95. The summed E-state index contributed by atoms with van der Waals surface area (Å²) in [5.74, 6) is 0.389. The average molecular weight is 290 g/mol. The quantitative estimate of drug-likeness (QED) is 0.565. The fourth-order valence-electron chi connectivity index (χ4n) is 6.43. The molecule has 0 aromatic rings. The molecule has 1 saturated heterocycles. The minimum Gasteiger partial charge on any atom is -0.466 e. The highest BCUT2D eigenvalue weighted by Crippen LogP contribution is 2.84. The topological polar surface area (TPSA) is 65.1 Å². The number of fused-ring (bicyclic) bond motifs is 4. The summed E-state index contributed by atoms with van der Waals surface area (Å²) in [5, 5.41) is 0. The Balaban J connectivity index is 1.69. The van der Waals surface area contributed by atoms with Crippen LogP contribution in [0.2, 0.25) is 0 Å². The summed E-state index contributed by atoms with van der Waals surface area (Å²) in [4.78, 5) is 24.5. The summed E-state index contributed by atoms with van der Waals surface area (Å²) in [7, 11) is 2.74. The number of ether oxygens (including phenoxy) is 3. The summed E-state index contributed by atoms with van der Waals surface area (Å²) in [5.41, 5.74) is 0.744. The van der Waals surface area contributed by atoms with E-state index in [4.69, 9.17) is 14.2 Å². The maximum Gasteiger partial charge on any atom is 0.334 e. The van der Waals surface area contributed by atoms with E-state index in [1.54, 1.807) is 0 Å². The van der Waals surface area contributed by atoms with E-state index in [1.165, 1.54) is 33.5 Å². The van der Waals surface area contributed by atoms with Gasteiger partial charge in [0.1, 0.15) is 11.2 Å². The molecule has 112 valence electrons. The van der Waals surface area contributed by atoms with Gasteiger partial charge in [-0.3, -0.25) is 0 Å². The van der Waals surface area contributed by atoms with E-state index >= 15 is 0 Å². The molecule has 0 N–H and O–H groups in total. The van der Waals surface area contributed by atoms with Crippen molar-refractivity contribution in [2.75, 3.05) is 14.2 Å². The lowest BCUT2D eigenvalue weighted by molar-refractivity contribution is -0.140. The Bertz CT molecular complexity index is 572. The number of carbonyl (C=O) groups excluding carboxylic acids is 2. The van der Waals surface area contributed by atoms with Gasteiger partial charge in [0, 0.05) is 11.8 Å². The standard InChI is InChI=1S/C16H18O5/c1-19-13(17)11-9-6-10(12(11)14(18)20-2)16-8-4-3-7(5-8)15(9,16)21-16/h7-10H,3-6H2,1-2H3. The molecular weight excluding hydrogens is 272 g/mol. The number of hydrogen-bond donors (Lipinski definition) is 0. The highest BCUT2D eigenvalue weighted by Gasteiger charge is 2.92. The molecule has 0 aromatic heterocycles. The molecule has 4 aliphatic carbocycles. The zero-order valence-electron chi connectivity index (χ0n) is 12.2. The summed E-state index contributed by atoms with van der Waals surface area (Å²) < 4.78 is 16.2. The fourth-order valence-corrected chi connectivity index (χ4v) is 6.43. The van der Waals surface area contributed by atoms with Crippen LogP contribution in [0.1, 0.15) is 25.7 Å². The van der Waals surface area contributed by atoms with Crippen molar-refractivity contribution in [1.82, 2.24) is 0 Å². The minimum absolute atomic E-state index is 0.0272. The fraction of sp³-hybridized carbons (Fsp3) is 0.750. The van der Waals surface area contributed by atoms with E-state index < -0.39 is 0 Å². The van der Waals surface area contributed by atoms with E-state index in [0.29, 0.717) is 23.0 Å². The largest absolute Gasteiger partial charge is 0.466 e. The van der Waals surface area contributed by atoms with Gasteiger partial charge < -0.3 is 14.2 Å². The Morgan fingerprint density at radius 2 is 1.43 bits per heavy atom. The van der Waals surface area contributed by atoms with Crippen LogP contribution in [0.25, 0.3) is 0 Å². The van der Waals surface area contributed by atoms with Crippen LogP contribution in [0.3, 0.4) is 0 Å². The molecule has 6 unspecified atom stereocenters. The minimum atomic E-state index is -0.385. The maximum absolute atomic E-state index is 12.2. The van der Waals surface area contributed by atoms with Gasteiger partial charge in [0.25, 0.3) is 0 Å². The molecule has 21 heavy (non-hydrogen) atoms. The van der Waals surface area contributed by atoms with Crippen molar-refractivity contribution in [2.45, 2.75) is 36.9 Å². The van der Waals surface area contributed by atoms with Gasteiger partial charge in [0.15, 0.2) is 0 Å². The third-order valence-corrected chi connectivity index (χ3v) is 6.86. The SMILES string of the molecule is COC(=O)C1=C(C(=O)OC)C2CC1C13OC21C1CCC3C1. The zero-order valence-corrected chi connectivity index (χ0v) is 12.2. The molecule has 0 amide bonds. The molecule has 0 aromatic carbocycles. The lowest BCUT2D eigenvalue weighted by Crippen LogP contribution is -2.42. The van der Waals surface area contributed by atoms with Crippen molar-refractivity contribution >= 4 is 11.9 Å². The first-order valence-electron chi connectivity index (χ1n) is 7.72. The van der Waals surface area contributed by atoms with E-state index in [1.807, 2.05) is 0 Å². The normalized spacial score (nSPS) is 51.0. The van der Waals surface area contributed by atoms with Crippen LogP contribution >= 0.6 is 0 Å². The lowest BCUT2D eigenvalue weighted by Gasteiger charge is -2.29. The molecule has 6 atom stereocenters. The monoisotopic (exact) mass is 290 g/mol. The summed E-state index contributed by atoms with van der Waals surface area (Å²) >= 11 is 0. The third kappa shape index (κ3) is 0.978. The van der Waals surface area contributed by atoms with Crippen LogP contribution in [0, 0.1) is 23.7 Å². The van der Waals surface area contributed by atoms with Gasteiger partial charge in [-0.15, -0.1) is 0 Å². The van der Waals surface area contributed by atoms with Crippen LogP contribution in [0.15, 0.2) is 11.1 Å². The Labute approximate surface area is 122 Å². The van der Waals surface area contributed by atoms with Crippen molar-refractivity contribution in [2.24, 2.45) is 23.7 Å². The van der Waals surface area contributed by atoms with Gasteiger partial charge in [-0.2, -0.15) is 0 Å². The predicted octanol–water partition coefficient (Wildman–Crippen LogP) is 1.22. The molecule has 4 bridgehead atoms. The summed E-state index contributed by atoms with van der Waals surface area (Å²) in [6.45, 7) is 0. The lowest BCUT2D eigenvalue weighted by atomic mass is 9.69. The third-order valence-electron chi connectivity index (χ3n) is 6.86. The Hall–Kier alpha value is -1.36. The van der Waals surface area contributed by atoms with Gasteiger partial charge in [-0.05, 0) is 37.5 Å². The van der Waals surface area contributed by atoms with Crippen LogP contribution in [0.4, 0.5) is 0 Å². The maximum atomic E-state index is 12.2. The summed E-state index contributed by atoms with van der Waals surface area (Å²) in [6, 6.07) is 0. The highest BCUT2D eigenvalue weighted by atomic mass is 16.6. The predicted molar refractivity (Wildman–Crippen MR) is 70.0 cm³/mol. The molecule has 5 heteroatoms. The number of hydrogen-bond acceptors (Lipinski definition) is 5. The van der Waals surface area contributed by atoms with Crippen molar-refractivity contribution in [3.05, 3.63) is 11.1 Å². The van der Waals surface area contributed by atoms with Gasteiger partial charge in [-0.1, -0.05) is 0 Å². The molecule has 5 rings (SSSR count). The first-order valence-corrected chi connectivity index (χ1v) is 7.72. The van der Waals surface area contributed by atoms with Gasteiger partial charge >= 0.3 is 11.9 Å². The van der Waals surface area contributed by atoms with Crippen LogP contribution < -0.4 is 0 Å². The molecule has 3 saturated carbocycles. The van der Waals surface area contributed by atoms with E-state index in [-0.39, 0.29) is 35.0 Å². The molecule has 1 aliphatic heterocycles. The molecule has 1 heterocycles. The zero-order chi connectivity index (χ0) is 14.6. The molecule has 5 aliphatic rings. The number of methoxy groups -OCH3 is 2. The van der Waals surface area contributed by atoms with Crippen LogP contribution in [-0.4, -0.2) is 37.4 Å². The highest BCUT2D eigenvalue weighted by molar-refractivity contribution is 6.03. The molecule has 0 radical (unpaired) electrons. The smallest absolute Gasteiger partial charge is 0.334 e. The van der Waals surface area contributed by atoms with E-state index in [9.17, 15) is 9.59 Å². The van der Waals surface area contributed by atoms with Crippen LogP contribution in [0.5, 0.6) is 0 Å². The van der Waals surface area contributed by atoms with E-state index in [0.717, 1.165) is 6.42 Å². The van der Waals surface area contributed by atoms with E-state index in [2.05, 4.69) is 0 Å². The first kappa shape index (κ1) is 12.2. The number of rotatable bonds is 2. The summed E-state index contributed by atoms with van der Waals surface area (Å²) in [6.07, 6.45) is 4.42. The van der Waals surface area contributed by atoms with Crippen molar-refractivity contribution in [3.8, 4) is 0 Å². The second-order valence-corrected chi connectivity index (χ2v) is 7.05. The first-order chi connectivity index (χ1) is 10.1. The van der Waals surface area contributed by atoms with Crippen LogP contribution in [-0.2, 0) is 23.8 Å².